The summed E-state index contributed by atoms with van der Waals surface area (Å²) in [5.41, 5.74) is 1.08. The van der Waals surface area contributed by atoms with Crippen molar-refractivity contribution in [3.8, 4) is 17.2 Å². The normalized spacial score (nSPS) is 17.6. The molecule has 1 N–H and O–H groups in total. The van der Waals surface area contributed by atoms with Crippen molar-refractivity contribution >= 4 is 0 Å². The zero-order valence-corrected chi connectivity index (χ0v) is 13.1. The Morgan fingerprint density at radius 1 is 1.05 bits per heavy atom. The molecule has 0 radical (unpaired) electrons. The van der Waals surface area contributed by atoms with Crippen LogP contribution < -0.4 is 19.5 Å². The van der Waals surface area contributed by atoms with Gasteiger partial charge in [-0.3, -0.25) is 0 Å². The molecule has 1 aromatic rings. The fourth-order valence-electron chi connectivity index (χ4n) is 2.76. The molecule has 0 spiro atoms. The molecule has 21 heavy (non-hydrogen) atoms. The third-order valence-electron chi connectivity index (χ3n) is 3.91. The van der Waals surface area contributed by atoms with Crippen molar-refractivity contribution in [2.75, 3.05) is 27.9 Å². The third kappa shape index (κ3) is 3.91. The molecule has 2 rings (SSSR count). The molecular weight excluding hydrogens is 266 g/mol. The lowest BCUT2D eigenvalue weighted by atomic mass is 9.94. The highest BCUT2D eigenvalue weighted by Gasteiger charge is 2.16. The van der Waals surface area contributed by atoms with Crippen LogP contribution >= 0.6 is 0 Å². The highest BCUT2D eigenvalue weighted by molar-refractivity contribution is 5.55. The molecular formula is C17H25NO3. The molecule has 4 nitrogen and oxygen atoms in total. The molecule has 116 valence electrons. The van der Waals surface area contributed by atoms with E-state index < -0.39 is 0 Å². The number of rotatable bonds is 7. The van der Waals surface area contributed by atoms with Crippen LogP contribution in [-0.2, 0) is 6.54 Å². The predicted molar refractivity (Wildman–Crippen MR) is 84.3 cm³/mol. The Kier molecular flexibility index (Phi) is 5.93. The van der Waals surface area contributed by atoms with E-state index in [0.29, 0.717) is 11.5 Å². The second-order valence-electron chi connectivity index (χ2n) is 5.27. The minimum Gasteiger partial charge on any atom is -0.493 e. The van der Waals surface area contributed by atoms with Gasteiger partial charge in [-0.05, 0) is 37.8 Å². The van der Waals surface area contributed by atoms with Gasteiger partial charge in [0.1, 0.15) is 0 Å². The Bertz CT molecular complexity index is 485. The molecule has 0 saturated carbocycles. The smallest absolute Gasteiger partial charge is 0.203 e. The fraction of sp³-hybridized carbons (Fsp3) is 0.529. The second kappa shape index (κ2) is 7.93. The summed E-state index contributed by atoms with van der Waals surface area (Å²) >= 11 is 0. The summed E-state index contributed by atoms with van der Waals surface area (Å²) in [6.45, 7) is 1.80. The van der Waals surface area contributed by atoms with Crippen LogP contribution in [0.5, 0.6) is 17.2 Å². The van der Waals surface area contributed by atoms with Crippen molar-refractivity contribution in [2.45, 2.75) is 25.8 Å². The maximum Gasteiger partial charge on any atom is 0.203 e. The van der Waals surface area contributed by atoms with Crippen molar-refractivity contribution in [1.82, 2.24) is 5.32 Å². The van der Waals surface area contributed by atoms with E-state index in [4.69, 9.17) is 14.2 Å². The van der Waals surface area contributed by atoms with Crippen LogP contribution in [-0.4, -0.2) is 27.9 Å². The van der Waals surface area contributed by atoms with Crippen LogP contribution in [0.4, 0.5) is 0 Å². The Morgan fingerprint density at radius 3 is 2.48 bits per heavy atom. The van der Waals surface area contributed by atoms with Gasteiger partial charge < -0.3 is 19.5 Å². The monoisotopic (exact) mass is 291 g/mol. The minimum absolute atomic E-state index is 0.653. The molecule has 0 aromatic heterocycles. The zero-order chi connectivity index (χ0) is 15.1. The largest absolute Gasteiger partial charge is 0.493 e. The van der Waals surface area contributed by atoms with Crippen molar-refractivity contribution in [3.63, 3.8) is 0 Å². The van der Waals surface area contributed by atoms with E-state index in [1.807, 2.05) is 12.1 Å². The van der Waals surface area contributed by atoms with Gasteiger partial charge in [-0.2, -0.15) is 0 Å². The first-order valence-electron chi connectivity index (χ1n) is 7.43. The SMILES string of the molecule is COc1ccc(CNCC2CC=CCC2)c(OC)c1OC. The summed E-state index contributed by atoms with van der Waals surface area (Å²) in [6, 6.07) is 3.94. The van der Waals surface area contributed by atoms with E-state index in [2.05, 4.69) is 17.5 Å². The number of nitrogens with one attached hydrogen (secondary N) is 1. The first kappa shape index (κ1) is 15.7. The standard InChI is InChI=1S/C17H25NO3/c1-19-15-10-9-14(16(20-2)17(15)21-3)12-18-11-13-7-5-4-6-8-13/h4-5,9-10,13,18H,6-8,11-12H2,1-3H3. The first-order valence-corrected chi connectivity index (χ1v) is 7.43. The predicted octanol–water partition coefficient (Wildman–Crippen LogP) is 3.16. The van der Waals surface area contributed by atoms with Crippen LogP contribution in [0, 0.1) is 5.92 Å². The van der Waals surface area contributed by atoms with E-state index in [-0.39, 0.29) is 0 Å². The molecule has 0 bridgehead atoms. The summed E-state index contributed by atoms with van der Waals surface area (Å²) in [5.74, 6) is 2.82. The summed E-state index contributed by atoms with van der Waals surface area (Å²) < 4.78 is 16.2. The Labute approximate surface area is 127 Å². The molecule has 1 unspecified atom stereocenters. The number of hydrogen-bond acceptors (Lipinski definition) is 4. The van der Waals surface area contributed by atoms with Crippen LogP contribution in [0.3, 0.4) is 0 Å². The average Bonchev–Trinajstić information content (AvgIpc) is 2.55. The zero-order valence-electron chi connectivity index (χ0n) is 13.1. The van der Waals surface area contributed by atoms with E-state index >= 15 is 0 Å². The van der Waals surface area contributed by atoms with Gasteiger partial charge in [0.25, 0.3) is 0 Å². The van der Waals surface area contributed by atoms with Gasteiger partial charge in [0.05, 0.1) is 21.3 Å². The molecule has 1 atom stereocenters. The lowest BCUT2D eigenvalue weighted by molar-refractivity contribution is 0.321. The minimum atomic E-state index is 0.653. The molecule has 0 fully saturated rings. The maximum absolute atomic E-state index is 5.50. The summed E-state index contributed by atoms with van der Waals surface area (Å²) in [7, 11) is 4.92. The summed E-state index contributed by atoms with van der Waals surface area (Å²) in [4.78, 5) is 0. The Balaban J connectivity index is 2.00. The van der Waals surface area contributed by atoms with Gasteiger partial charge in [-0.1, -0.05) is 18.2 Å². The van der Waals surface area contributed by atoms with Crippen LogP contribution in [0.2, 0.25) is 0 Å². The third-order valence-corrected chi connectivity index (χ3v) is 3.91. The van der Waals surface area contributed by atoms with E-state index in [1.54, 1.807) is 21.3 Å². The van der Waals surface area contributed by atoms with Crippen LogP contribution in [0.15, 0.2) is 24.3 Å². The number of ether oxygens (including phenoxy) is 3. The van der Waals surface area contributed by atoms with Gasteiger partial charge in [-0.25, -0.2) is 0 Å². The second-order valence-corrected chi connectivity index (χ2v) is 5.27. The maximum atomic E-state index is 5.50. The molecule has 0 heterocycles. The quantitative estimate of drug-likeness (QED) is 0.783. The van der Waals surface area contributed by atoms with E-state index in [9.17, 15) is 0 Å². The van der Waals surface area contributed by atoms with Gasteiger partial charge in [0.15, 0.2) is 11.5 Å². The molecule has 0 saturated heterocycles. The van der Waals surface area contributed by atoms with Gasteiger partial charge in [-0.15, -0.1) is 0 Å². The van der Waals surface area contributed by atoms with Crippen LogP contribution in [0.1, 0.15) is 24.8 Å². The lowest BCUT2D eigenvalue weighted by Crippen LogP contribution is -2.23. The van der Waals surface area contributed by atoms with Crippen LogP contribution in [0.25, 0.3) is 0 Å². The average molecular weight is 291 g/mol. The lowest BCUT2D eigenvalue weighted by Gasteiger charge is -2.19. The van der Waals surface area contributed by atoms with Crippen molar-refractivity contribution in [2.24, 2.45) is 5.92 Å². The molecule has 1 aliphatic rings. The molecule has 1 aliphatic carbocycles. The first-order chi connectivity index (χ1) is 10.3. The summed E-state index contributed by atoms with van der Waals surface area (Å²) in [5, 5.41) is 3.52. The highest BCUT2D eigenvalue weighted by atomic mass is 16.5. The van der Waals surface area contributed by atoms with Crippen molar-refractivity contribution in [3.05, 3.63) is 29.8 Å². The Hall–Kier alpha value is -1.68. The van der Waals surface area contributed by atoms with Crippen molar-refractivity contribution in [1.29, 1.82) is 0 Å². The molecule has 4 heteroatoms. The summed E-state index contributed by atoms with van der Waals surface area (Å²) in [6.07, 6.45) is 8.20. The van der Waals surface area contributed by atoms with Gasteiger partial charge in [0.2, 0.25) is 5.75 Å². The number of allylic oxidation sites excluding steroid dienone is 2. The number of benzene rings is 1. The van der Waals surface area contributed by atoms with E-state index in [0.717, 1.165) is 30.3 Å². The highest BCUT2D eigenvalue weighted by Crippen LogP contribution is 2.39. The molecule has 0 amide bonds. The number of hydrogen-bond donors (Lipinski definition) is 1. The Morgan fingerprint density at radius 2 is 1.86 bits per heavy atom. The van der Waals surface area contributed by atoms with Gasteiger partial charge >= 0.3 is 0 Å². The van der Waals surface area contributed by atoms with Gasteiger partial charge in [0, 0.05) is 12.1 Å². The number of methoxy groups -OCH3 is 3. The molecule has 0 aliphatic heterocycles. The van der Waals surface area contributed by atoms with E-state index in [1.165, 1.54) is 19.3 Å². The topological polar surface area (TPSA) is 39.7 Å². The van der Waals surface area contributed by atoms with Crippen molar-refractivity contribution < 1.29 is 14.2 Å². The molecule has 1 aromatic carbocycles. The fourth-order valence-corrected chi connectivity index (χ4v) is 2.76.